The summed E-state index contributed by atoms with van der Waals surface area (Å²) in [7, 11) is 0. The molecule has 0 spiro atoms. The molecule has 2 aliphatic rings. The molecule has 184 valence electrons. The van der Waals surface area contributed by atoms with Gasteiger partial charge in [-0.15, -0.1) is 6.54 Å². The standard InChI is InChI=1S/C15H23N6O2.C6H8NO.C2H6.Na/c1-15(2,3)23-14(22)20-10-5-4-6-21(8-10)13(17)11-7-18-9-19-12(11)16;1-6(8)7-4-2-3-5-7;1-2;/h9-10,17H,4-6,8H2,1-3H3,(H,20,22)(H2,16,18,19);2H,4-5H2,1H3;1-2H3;/q2*-1;;+1. The number of hydrogen-bond acceptors (Lipinski definition) is 7. The number of ether oxygens (including phenoxy) is 1. The van der Waals surface area contributed by atoms with E-state index in [1.807, 2.05) is 45.6 Å². The Bertz CT molecular complexity index is 819. The number of aromatic nitrogens is 2. The number of rotatable bonds is 2. The number of amides is 2. The third-order valence-electron chi connectivity index (χ3n) is 4.57. The Hall–Kier alpha value is -2.17. The van der Waals surface area contributed by atoms with Gasteiger partial charge in [0, 0.05) is 50.6 Å². The van der Waals surface area contributed by atoms with Gasteiger partial charge in [0.2, 0.25) is 5.91 Å². The maximum atomic E-state index is 11.9. The number of amidine groups is 1. The molecule has 2 amide bonds. The normalized spacial score (nSPS) is 16.7. The first-order valence-corrected chi connectivity index (χ1v) is 11.2. The number of alkyl carbamates (subject to hydrolysis) is 1. The summed E-state index contributed by atoms with van der Waals surface area (Å²) < 4.78 is 5.27. The van der Waals surface area contributed by atoms with E-state index in [1.165, 1.54) is 6.33 Å². The van der Waals surface area contributed by atoms with Crippen molar-refractivity contribution in [2.24, 2.45) is 0 Å². The molecule has 1 fully saturated rings. The first-order chi connectivity index (χ1) is 15.6. The van der Waals surface area contributed by atoms with E-state index in [4.69, 9.17) is 15.9 Å². The molecule has 1 aromatic heterocycles. The van der Waals surface area contributed by atoms with Gasteiger partial charge in [0.05, 0.1) is 0 Å². The number of nitrogen functional groups attached to an aromatic ring is 1. The molecule has 0 radical (unpaired) electrons. The minimum atomic E-state index is -0.532. The van der Waals surface area contributed by atoms with Crippen molar-refractivity contribution in [2.75, 3.05) is 31.9 Å². The van der Waals surface area contributed by atoms with Gasteiger partial charge >= 0.3 is 35.7 Å². The first kappa shape index (κ1) is 31.8. The summed E-state index contributed by atoms with van der Waals surface area (Å²) in [5.41, 5.74) is 5.62. The Labute approximate surface area is 225 Å². The molecule has 1 atom stereocenters. The van der Waals surface area contributed by atoms with Crippen LogP contribution >= 0.6 is 0 Å². The van der Waals surface area contributed by atoms with Crippen LogP contribution in [0.1, 0.15) is 59.9 Å². The third-order valence-corrected chi connectivity index (χ3v) is 4.57. The number of nitrogens with one attached hydrogen (secondary N) is 2. The second-order valence-electron chi connectivity index (χ2n) is 8.33. The van der Waals surface area contributed by atoms with E-state index in [2.05, 4.69) is 27.6 Å². The van der Waals surface area contributed by atoms with Crippen LogP contribution in [0, 0.1) is 17.7 Å². The number of piperidine rings is 1. The quantitative estimate of drug-likeness (QED) is 0.222. The van der Waals surface area contributed by atoms with E-state index in [1.54, 1.807) is 11.8 Å². The van der Waals surface area contributed by atoms with Crippen LogP contribution in [0.25, 0.3) is 0 Å². The van der Waals surface area contributed by atoms with E-state index in [0.717, 1.165) is 19.4 Å². The zero-order valence-corrected chi connectivity index (χ0v) is 23.6. The fourth-order valence-corrected chi connectivity index (χ4v) is 3.06. The fraction of sp³-hybridized carbons (Fsp3) is 0.609. The molecule has 0 aromatic carbocycles. The van der Waals surface area contributed by atoms with Crippen molar-refractivity contribution in [3.8, 4) is 0 Å². The van der Waals surface area contributed by atoms with Gasteiger partial charge < -0.3 is 47.0 Å². The largest absolute Gasteiger partial charge is 1.00 e. The summed E-state index contributed by atoms with van der Waals surface area (Å²) in [6.07, 6.45) is 10.1. The Morgan fingerprint density at radius 2 is 1.97 bits per heavy atom. The van der Waals surface area contributed by atoms with Crippen LogP contribution in [-0.4, -0.2) is 75.4 Å². The molecule has 3 rings (SSSR count). The van der Waals surface area contributed by atoms with Crippen molar-refractivity contribution in [3.05, 3.63) is 30.2 Å². The Morgan fingerprint density at radius 1 is 1.29 bits per heavy atom. The molecule has 11 heteroatoms. The van der Waals surface area contributed by atoms with Gasteiger partial charge in [0.15, 0.2) is 0 Å². The van der Waals surface area contributed by atoms with E-state index >= 15 is 0 Å². The second-order valence-corrected chi connectivity index (χ2v) is 8.33. The number of nitrogens with zero attached hydrogens (tertiary/aromatic N) is 4. The maximum Gasteiger partial charge on any atom is 1.00 e. The minimum absolute atomic E-state index is 0. The monoisotopic (exact) mass is 482 g/mol. The van der Waals surface area contributed by atoms with Crippen LogP contribution in [0.15, 0.2) is 12.4 Å². The van der Waals surface area contributed by atoms with Crippen molar-refractivity contribution in [1.82, 2.24) is 25.1 Å². The molecule has 0 bridgehead atoms. The molecule has 3 heterocycles. The summed E-state index contributed by atoms with van der Waals surface area (Å²) in [5.74, 6) is 0.581. The van der Waals surface area contributed by atoms with E-state index in [9.17, 15) is 9.59 Å². The molecule has 2 aliphatic heterocycles. The average Bonchev–Trinajstić information content (AvgIpc) is 3.30. The van der Waals surface area contributed by atoms with Crippen LogP contribution in [0.3, 0.4) is 0 Å². The van der Waals surface area contributed by atoms with Crippen molar-refractivity contribution < 1.29 is 43.9 Å². The Morgan fingerprint density at radius 3 is 2.47 bits per heavy atom. The zero-order chi connectivity index (χ0) is 25.0. The van der Waals surface area contributed by atoms with Gasteiger partial charge in [0.25, 0.3) is 0 Å². The van der Waals surface area contributed by atoms with Gasteiger partial charge in [-0.1, -0.05) is 13.8 Å². The third kappa shape index (κ3) is 11.3. The molecule has 0 saturated carbocycles. The molecule has 1 saturated heterocycles. The van der Waals surface area contributed by atoms with Crippen LogP contribution in [0.4, 0.5) is 10.6 Å². The number of hydrogen-bond donors (Lipinski definition) is 3. The van der Waals surface area contributed by atoms with Crippen LogP contribution < -0.4 is 40.6 Å². The molecule has 10 nitrogen and oxygen atoms in total. The van der Waals surface area contributed by atoms with E-state index < -0.39 is 11.7 Å². The van der Waals surface area contributed by atoms with Crippen molar-refractivity contribution in [2.45, 2.75) is 66.0 Å². The maximum absolute atomic E-state index is 11.9. The fourth-order valence-electron chi connectivity index (χ4n) is 3.06. The van der Waals surface area contributed by atoms with Gasteiger partial charge in [-0.3, -0.25) is 4.79 Å². The Kier molecular flexibility index (Phi) is 14.7. The van der Waals surface area contributed by atoms with E-state index in [0.29, 0.717) is 25.2 Å². The number of likely N-dealkylation sites (tertiary alicyclic amines) is 1. The van der Waals surface area contributed by atoms with Gasteiger partial charge in [-0.05, 0) is 45.4 Å². The smallest absolute Gasteiger partial charge is 0.479 e. The SMILES string of the molecule is CC.CC(=O)N1C[C-]=CC1.CC(C)(C)OC(=O)NC1CCCN(C(=N)c2[c-]ncnc2N)C1.[Na+]. The molecule has 0 aliphatic carbocycles. The summed E-state index contributed by atoms with van der Waals surface area (Å²) in [5, 5.41) is 11.1. The topological polar surface area (TPSA) is 138 Å². The predicted molar refractivity (Wildman–Crippen MR) is 127 cm³/mol. The average molecular weight is 483 g/mol. The molecule has 34 heavy (non-hydrogen) atoms. The number of anilines is 1. The number of nitrogens with two attached hydrogens (primary N) is 1. The van der Waals surface area contributed by atoms with Crippen LogP contribution in [0.2, 0.25) is 0 Å². The van der Waals surface area contributed by atoms with Gasteiger partial charge in [0.1, 0.15) is 5.60 Å². The van der Waals surface area contributed by atoms with Crippen LogP contribution in [-0.2, 0) is 9.53 Å². The van der Waals surface area contributed by atoms with E-state index in [-0.39, 0.29) is 53.2 Å². The summed E-state index contributed by atoms with van der Waals surface area (Å²) >= 11 is 0. The van der Waals surface area contributed by atoms with Gasteiger partial charge in [-0.2, -0.15) is 0 Å². The summed E-state index contributed by atoms with van der Waals surface area (Å²) in [6, 6.07) is -0.0789. The summed E-state index contributed by atoms with van der Waals surface area (Å²) in [6.45, 7) is 13.7. The van der Waals surface area contributed by atoms with Gasteiger partial charge in [-0.25, -0.2) is 10.9 Å². The van der Waals surface area contributed by atoms with Crippen molar-refractivity contribution in [1.29, 1.82) is 5.41 Å². The number of carbonyl (C=O) groups excluding carboxylic acids is 2. The predicted octanol–water partition coefficient (Wildman–Crippen LogP) is -0.588. The minimum Gasteiger partial charge on any atom is -0.479 e. The first-order valence-electron chi connectivity index (χ1n) is 11.2. The second kappa shape index (κ2) is 15.7. The molecule has 1 aromatic rings. The Balaban J connectivity index is 0.000000832. The molecule has 4 N–H and O–H groups in total. The molecule has 1 unspecified atom stereocenters. The van der Waals surface area contributed by atoms with Crippen LogP contribution in [0.5, 0.6) is 0 Å². The zero-order valence-electron chi connectivity index (χ0n) is 21.6. The molecular weight excluding hydrogens is 445 g/mol. The number of carbonyl (C=O) groups is 2. The molecular formula is C23H37N7NaO3-. The summed E-state index contributed by atoms with van der Waals surface area (Å²) in [4.78, 5) is 33.6. The van der Waals surface area contributed by atoms with Crippen molar-refractivity contribution in [3.63, 3.8) is 0 Å². The van der Waals surface area contributed by atoms with Crippen molar-refractivity contribution >= 4 is 23.7 Å².